The number of anilines is 1. The first-order valence-electron chi connectivity index (χ1n) is 9.97. The van der Waals surface area contributed by atoms with Crippen LogP contribution in [0.15, 0.2) is 64.3 Å². The monoisotopic (exact) mass is 453 g/mol. The minimum absolute atomic E-state index is 0.296. The van der Waals surface area contributed by atoms with Gasteiger partial charge < -0.3 is 14.5 Å². The van der Waals surface area contributed by atoms with Gasteiger partial charge in [-0.2, -0.15) is 5.10 Å². The molecule has 0 aliphatic rings. The summed E-state index contributed by atoms with van der Waals surface area (Å²) in [6.45, 7) is 7.01. The average molecular weight is 454 g/mol. The van der Waals surface area contributed by atoms with Gasteiger partial charge >= 0.3 is 0 Å². The first-order chi connectivity index (χ1) is 15.2. The van der Waals surface area contributed by atoms with Crippen molar-refractivity contribution in [2.24, 2.45) is 5.10 Å². The van der Waals surface area contributed by atoms with Crippen molar-refractivity contribution in [2.75, 3.05) is 5.32 Å². The maximum atomic E-state index is 12.6. The molecule has 3 aromatic rings. The van der Waals surface area contributed by atoms with E-state index in [2.05, 4.69) is 15.8 Å². The summed E-state index contributed by atoms with van der Waals surface area (Å²) in [4.78, 5) is 24.8. The minimum Gasteiger partial charge on any atom is -0.481 e. The van der Waals surface area contributed by atoms with Crippen molar-refractivity contribution in [1.29, 1.82) is 0 Å². The predicted molar refractivity (Wildman–Crippen MR) is 124 cm³/mol. The number of benzene rings is 2. The van der Waals surface area contributed by atoms with Crippen molar-refractivity contribution in [3.8, 4) is 5.75 Å². The van der Waals surface area contributed by atoms with Gasteiger partial charge in [-0.25, -0.2) is 5.43 Å². The lowest BCUT2D eigenvalue weighted by atomic mass is 10.1. The summed E-state index contributed by atoms with van der Waals surface area (Å²) >= 11 is 5.96. The second kappa shape index (κ2) is 10.2. The van der Waals surface area contributed by atoms with Crippen molar-refractivity contribution < 1.29 is 18.7 Å². The van der Waals surface area contributed by atoms with E-state index in [1.54, 1.807) is 63.2 Å². The summed E-state index contributed by atoms with van der Waals surface area (Å²) in [6, 6.07) is 14.0. The third-order valence-corrected chi connectivity index (χ3v) is 5.02. The number of rotatable bonds is 7. The Balaban J connectivity index is 1.64. The van der Waals surface area contributed by atoms with Crippen molar-refractivity contribution in [1.82, 2.24) is 5.43 Å². The van der Waals surface area contributed by atoms with Gasteiger partial charge in [-0.1, -0.05) is 23.7 Å². The molecule has 0 aliphatic heterocycles. The van der Waals surface area contributed by atoms with Crippen LogP contribution in [0.25, 0.3) is 0 Å². The number of hydrogen-bond acceptors (Lipinski definition) is 5. The molecule has 1 aromatic heterocycles. The standard InChI is InChI=1S/C24H24ClN3O4/c1-14-12-19(25)8-9-22(14)32-17(4)23(29)26-20-7-5-6-18(13-20)15(2)27-28-24(30)21-10-11-31-16(21)3/h5-13,17H,1-4H3,(H,26,29)(H,28,30)/b27-15+. The number of aryl methyl sites for hydroxylation is 2. The first-order valence-corrected chi connectivity index (χ1v) is 10.3. The molecule has 7 nitrogen and oxygen atoms in total. The molecule has 0 bridgehead atoms. The number of ether oxygens (including phenoxy) is 1. The van der Waals surface area contributed by atoms with Crippen LogP contribution in [0.5, 0.6) is 5.75 Å². The van der Waals surface area contributed by atoms with E-state index in [1.165, 1.54) is 6.26 Å². The number of furan rings is 1. The molecular formula is C24H24ClN3O4. The maximum absolute atomic E-state index is 12.6. The highest BCUT2D eigenvalue weighted by Gasteiger charge is 2.16. The first kappa shape index (κ1) is 23.1. The Hall–Kier alpha value is -3.58. The van der Waals surface area contributed by atoms with Crippen LogP contribution in [0.3, 0.4) is 0 Å². The van der Waals surface area contributed by atoms with E-state index in [9.17, 15) is 9.59 Å². The number of hydrogen-bond donors (Lipinski definition) is 2. The van der Waals surface area contributed by atoms with E-state index in [4.69, 9.17) is 20.8 Å². The highest BCUT2D eigenvalue weighted by molar-refractivity contribution is 6.30. The van der Waals surface area contributed by atoms with Gasteiger partial charge in [0.2, 0.25) is 0 Å². The zero-order valence-electron chi connectivity index (χ0n) is 18.2. The molecule has 0 aliphatic carbocycles. The minimum atomic E-state index is -0.717. The fourth-order valence-electron chi connectivity index (χ4n) is 2.93. The summed E-state index contributed by atoms with van der Waals surface area (Å²) in [5.41, 5.74) is 5.69. The molecule has 166 valence electrons. The Morgan fingerprint density at radius 3 is 2.59 bits per heavy atom. The molecule has 1 heterocycles. The van der Waals surface area contributed by atoms with Crippen LogP contribution in [0.2, 0.25) is 5.02 Å². The Kier molecular flexibility index (Phi) is 7.33. The normalized spacial score (nSPS) is 12.2. The molecule has 1 unspecified atom stereocenters. The van der Waals surface area contributed by atoms with E-state index < -0.39 is 6.10 Å². The van der Waals surface area contributed by atoms with Crippen LogP contribution in [0.4, 0.5) is 5.69 Å². The number of carbonyl (C=O) groups is 2. The van der Waals surface area contributed by atoms with Crippen LogP contribution < -0.4 is 15.5 Å². The fourth-order valence-corrected chi connectivity index (χ4v) is 3.16. The molecule has 2 aromatic carbocycles. The number of carbonyl (C=O) groups excluding carboxylic acids is 2. The summed E-state index contributed by atoms with van der Waals surface area (Å²) in [7, 11) is 0. The number of nitrogens with zero attached hydrogens (tertiary/aromatic N) is 1. The average Bonchev–Trinajstić information content (AvgIpc) is 3.19. The van der Waals surface area contributed by atoms with Crippen molar-refractivity contribution >= 4 is 34.8 Å². The third-order valence-electron chi connectivity index (χ3n) is 4.79. The van der Waals surface area contributed by atoms with E-state index in [1.807, 2.05) is 13.0 Å². The molecule has 0 saturated carbocycles. The smallest absolute Gasteiger partial charge is 0.274 e. The van der Waals surface area contributed by atoms with Crippen molar-refractivity contribution in [3.63, 3.8) is 0 Å². The Labute approximate surface area is 191 Å². The van der Waals surface area contributed by atoms with Crippen LogP contribution in [-0.2, 0) is 4.79 Å². The lowest BCUT2D eigenvalue weighted by Crippen LogP contribution is -2.30. The third kappa shape index (κ3) is 5.76. The number of hydrazone groups is 1. The van der Waals surface area contributed by atoms with Gasteiger partial charge in [-0.15, -0.1) is 0 Å². The maximum Gasteiger partial charge on any atom is 0.274 e. The summed E-state index contributed by atoms with van der Waals surface area (Å²) < 4.78 is 10.9. The Morgan fingerprint density at radius 2 is 1.91 bits per heavy atom. The molecule has 8 heteroatoms. The number of nitrogens with one attached hydrogen (secondary N) is 2. The zero-order valence-corrected chi connectivity index (χ0v) is 19.0. The predicted octanol–water partition coefficient (Wildman–Crippen LogP) is 5.11. The summed E-state index contributed by atoms with van der Waals surface area (Å²) in [5, 5.41) is 7.59. The van der Waals surface area contributed by atoms with Crippen LogP contribution >= 0.6 is 11.6 Å². The fraction of sp³-hybridized carbons (Fsp3) is 0.208. The highest BCUT2D eigenvalue weighted by atomic mass is 35.5. The largest absolute Gasteiger partial charge is 0.481 e. The number of halogens is 1. The lowest BCUT2D eigenvalue weighted by Gasteiger charge is -2.16. The van der Waals surface area contributed by atoms with E-state index in [0.29, 0.717) is 33.5 Å². The Bertz CT molecular complexity index is 1170. The quantitative estimate of drug-likeness (QED) is 0.384. The van der Waals surface area contributed by atoms with Gasteiger partial charge in [0.25, 0.3) is 11.8 Å². The van der Waals surface area contributed by atoms with Crippen molar-refractivity contribution in [3.05, 3.63) is 82.3 Å². The highest BCUT2D eigenvalue weighted by Crippen LogP contribution is 2.23. The van der Waals surface area contributed by atoms with E-state index >= 15 is 0 Å². The lowest BCUT2D eigenvalue weighted by molar-refractivity contribution is -0.122. The molecule has 3 rings (SSSR count). The summed E-state index contributed by atoms with van der Waals surface area (Å²) in [5.74, 6) is 0.459. The Morgan fingerprint density at radius 1 is 1.12 bits per heavy atom. The molecule has 2 N–H and O–H groups in total. The molecule has 0 radical (unpaired) electrons. The van der Waals surface area contributed by atoms with Gasteiger partial charge in [0.15, 0.2) is 6.10 Å². The van der Waals surface area contributed by atoms with Crippen molar-refractivity contribution in [2.45, 2.75) is 33.8 Å². The topological polar surface area (TPSA) is 92.9 Å². The van der Waals surface area contributed by atoms with Gasteiger partial charge in [0.05, 0.1) is 17.5 Å². The molecule has 2 amide bonds. The molecule has 0 saturated heterocycles. The summed E-state index contributed by atoms with van der Waals surface area (Å²) in [6.07, 6.45) is 0.733. The zero-order chi connectivity index (χ0) is 23.3. The SMILES string of the molecule is C/C(=N\NC(=O)c1ccoc1C)c1cccc(NC(=O)C(C)Oc2ccc(Cl)cc2C)c1. The molecule has 1 atom stereocenters. The van der Waals surface area contributed by atoms with E-state index in [0.717, 1.165) is 11.1 Å². The second-order valence-electron chi connectivity index (χ2n) is 7.27. The van der Waals surface area contributed by atoms with Gasteiger partial charge in [0, 0.05) is 10.7 Å². The van der Waals surface area contributed by atoms with Crippen LogP contribution in [0, 0.1) is 13.8 Å². The van der Waals surface area contributed by atoms with Gasteiger partial charge in [-0.3, -0.25) is 9.59 Å². The van der Waals surface area contributed by atoms with E-state index in [-0.39, 0.29) is 11.8 Å². The second-order valence-corrected chi connectivity index (χ2v) is 7.70. The molecule has 0 fully saturated rings. The van der Waals surface area contributed by atoms with Crippen LogP contribution in [-0.4, -0.2) is 23.6 Å². The van der Waals surface area contributed by atoms with Crippen LogP contribution in [0.1, 0.15) is 41.1 Å². The molecule has 32 heavy (non-hydrogen) atoms. The number of amides is 2. The molecule has 0 spiro atoms. The molecular weight excluding hydrogens is 430 g/mol. The van der Waals surface area contributed by atoms with Gasteiger partial charge in [-0.05, 0) is 75.2 Å². The van der Waals surface area contributed by atoms with Gasteiger partial charge in [0.1, 0.15) is 11.5 Å².